The number of carbonyl (C=O) groups is 1. The Labute approximate surface area is 145 Å². The number of carbonyl (C=O) groups excluding carboxylic acids is 1. The van der Waals surface area contributed by atoms with Crippen molar-refractivity contribution in [2.24, 2.45) is 0 Å². The molecule has 1 aliphatic heterocycles. The summed E-state index contributed by atoms with van der Waals surface area (Å²) in [5, 5.41) is 3.72. The summed E-state index contributed by atoms with van der Waals surface area (Å²) < 4.78 is 0. The van der Waals surface area contributed by atoms with E-state index in [1.807, 2.05) is 18.3 Å². The molecule has 2 aliphatic rings. The second-order valence-electron chi connectivity index (χ2n) is 6.35. The minimum Gasteiger partial charge on any atom is -0.301 e. The fourth-order valence-electron chi connectivity index (χ4n) is 3.30. The van der Waals surface area contributed by atoms with Crippen molar-refractivity contribution in [1.29, 1.82) is 0 Å². The van der Waals surface area contributed by atoms with Gasteiger partial charge in [0.2, 0.25) is 5.91 Å². The number of aryl methyl sites for hydroxylation is 2. The highest BCUT2D eigenvalue weighted by atomic mass is 32.1. The molecule has 0 spiro atoms. The number of pyridine rings is 1. The van der Waals surface area contributed by atoms with E-state index < -0.39 is 0 Å². The Kier molecular flexibility index (Phi) is 4.55. The summed E-state index contributed by atoms with van der Waals surface area (Å²) in [7, 11) is 0. The van der Waals surface area contributed by atoms with E-state index in [0.29, 0.717) is 6.42 Å². The Morgan fingerprint density at radius 2 is 2.17 bits per heavy atom. The SMILES string of the molecule is O=C(Nc1nc2c(s1)CCCCC2)C1CC(c2cccnc2)NN1. The van der Waals surface area contributed by atoms with E-state index in [0.717, 1.165) is 23.5 Å². The van der Waals surface area contributed by atoms with Crippen LogP contribution in [0, 0.1) is 0 Å². The van der Waals surface area contributed by atoms with Crippen molar-refractivity contribution in [1.82, 2.24) is 20.8 Å². The third kappa shape index (κ3) is 3.33. The quantitative estimate of drug-likeness (QED) is 0.746. The lowest BCUT2D eigenvalue weighted by Crippen LogP contribution is -2.39. The first-order valence-corrected chi connectivity index (χ1v) is 9.31. The average molecular weight is 343 g/mol. The van der Waals surface area contributed by atoms with Gasteiger partial charge in [-0.05, 0) is 43.7 Å². The maximum absolute atomic E-state index is 12.5. The number of rotatable bonds is 3. The third-order valence-corrected chi connectivity index (χ3v) is 5.71. The molecule has 6 nitrogen and oxygen atoms in total. The van der Waals surface area contributed by atoms with Gasteiger partial charge < -0.3 is 5.32 Å². The van der Waals surface area contributed by atoms with Crippen molar-refractivity contribution in [3.63, 3.8) is 0 Å². The van der Waals surface area contributed by atoms with Crippen LogP contribution in [0.25, 0.3) is 0 Å². The molecular formula is C17H21N5OS. The van der Waals surface area contributed by atoms with Crippen LogP contribution in [-0.2, 0) is 17.6 Å². The standard InChI is InChI=1S/C17H21N5OS/c23-16(14-9-13(21-22-14)11-5-4-8-18-10-11)20-17-19-12-6-2-1-3-7-15(12)24-17/h4-5,8,10,13-14,21-22H,1-3,6-7,9H2,(H,19,20,23). The number of hydrazine groups is 1. The van der Waals surface area contributed by atoms with Crippen molar-refractivity contribution in [2.45, 2.75) is 50.6 Å². The van der Waals surface area contributed by atoms with Crippen molar-refractivity contribution >= 4 is 22.4 Å². The minimum absolute atomic E-state index is 0.0298. The molecule has 0 aromatic carbocycles. The summed E-state index contributed by atoms with van der Waals surface area (Å²) in [6, 6.07) is 3.76. The number of hydrogen-bond donors (Lipinski definition) is 3. The normalized spacial score (nSPS) is 23.5. The van der Waals surface area contributed by atoms with Crippen LogP contribution in [0.15, 0.2) is 24.5 Å². The molecular weight excluding hydrogens is 322 g/mol. The molecule has 2 aromatic rings. The van der Waals surface area contributed by atoms with Gasteiger partial charge in [0.25, 0.3) is 0 Å². The van der Waals surface area contributed by atoms with E-state index in [2.05, 4.69) is 26.1 Å². The van der Waals surface area contributed by atoms with Gasteiger partial charge in [-0.25, -0.2) is 15.8 Å². The summed E-state index contributed by atoms with van der Waals surface area (Å²) in [5.41, 5.74) is 8.53. The van der Waals surface area contributed by atoms with Crippen LogP contribution >= 0.6 is 11.3 Å². The Balaban J connectivity index is 1.38. The number of thiazole rings is 1. The fourth-order valence-corrected chi connectivity index (χ4v) is 4.36. The maximum atomic E-state index is 12.5. The van der Waals surface area contributed by atoms with Gasteiger partial charge in [0.1, 0.15) is 6.04 Å². The first-order valence-electron chi connectivity index (χ1n) is 8.50. The lowest BCUT2D eigenvalue weighted by molar-refractivity contribution is -0.117. The van der Waals surface area contributed by atoms with Crippen LogP contribution in [0.5, 0.6) is 0 Å². The predicted octanol–water partition coefficient (Wildman–Crippen LogP) is 2.35. The Morgan fingerprint density at radius 1 is 1.25 bits per heavy atom. The maximum Gasteiger partial charge on any atom is 0.244 e. The van der Waals surface area contributed by atoms with E-state index >= 15 is 0 Å². The van der Waals surface area contributed by atoms with Crippen molar-refractivity contribution in [3.05, 3.63) is 40.7 Å². The van der Waals surface area contributed by atoms with Crippen molar-refractivity contribution < 1.29 is 4.79 Å². The zero-order chi connectivity index (χ0) is 16.4. The van der Waals surface area contributed by atoms with Crippen molar-refractivity contribution in [3.8, 4) is 0 Å². The molecule has 3 N–H and O–H groups in total. The van der Waals surface area contributed by atoms with Crippen molar-refractivity contribution in [2.75, 3.05) is 5.32 Å². The van der Waals surface area contributed by atoms with Gasteiger partial charge in [-0.2, -0.15) is 0 Å². The summed E-state index contributed by atoms with van der Waals surface area (Å²) in [4.78, 5) is 22.6. The van der Waals surface area contributed by atoms with Gasteiger partial charge in [-0.3, -0.25) is 9.78 Å². The highest BCUT2D eigenvalue weighted by Gasteiger charge is 2.30. The predicted molar refractivity (Wildman–Crippen MR) is 93.7 cm³/mol. The Hall–Kier alpha value is -1.83. The van der Waals surface area contributed by atoms with Gasteiger partial charge in [-0.1, -0.05) is 12.5 Å². The van der Waals surface area contributed by atoms with Gasteiger partial charge >= 0.3 is 0 Å². The van der Waals surface area contributed by atoms with Crippen LogP contribution < -0.4 is 16.2 Å². The van der Waals surface area contributed by atoms with Gasteiger partial charge in [0, 0.05) is 23.3 Å². The number of nitrogens with zero attached hydrogens (tertiary/aromatic N) is 2. The van der Waals surface area contributed by atoms with E-state index in [1.54, 1.807) is 17.5 Å². The van der Waals surface area contributed by atoms with Crippen LogP contribution in [0.1, 0.15) is 47.9 Å². The molecule has 4 rings (SSSR count). The van der Waals surface area contributed by atoms with Gasteiger partial charge in [0.15, 0.2) is 5.13 Å². The van der Waals surface area contributed by atoms with Crippen LogP contribution in [0.4, 0.5) is 5.13 Å². The lowest BCUT2D eigenvalue weighted by Gasteiger charge is -2.09. The minimum atomic E-state index is -0.265. The number of anilines is 1. The first-order chi connectivity index (χ1) is 11.8. The molecule has 1 fully saturated rings. The topological polar surface area (TPSA) is 78.9 Å². The summed E-state index contributed by atoms with van der Waals surface area (Å²) >= 11 is 1.63. The molecule has 0 bridgehead atoms. The molecule has 1 saturated heterocycles. The van der Waals surface area contributed by atoms with E-state index in [4.69, 9.17) is 0 Å². The molecule has 2 atom stereocenters. The molecule has 7 heteroatoms. The number of aromatic nitrogens is 2. The highest BCUT2D eigenvalue weighted by Crippen LogP contribution is 2.29. The molecule has 0 saturated carbocycles. The second kappa shape index (κ2) is 6.96. The van der Waals surface area contributed by atoms with E-state index in [9.17, 15) is 4.79 Å². The highest BCUT2D eigenvalue weighted by molar-refractivity contribution is 7.15. The number of fused-ring (bicyclic) bond motifs is 1. The Bertz CT molecular complexity index is 694. The van der Waals surface area contributed by atoms with Gasteiger partial charge in [0.05, 0.1) is 5.69 Å². The van der Waals surface area contributed by atoms with Crippen LogP contribution in [0.2, 0.25) is 0 Å². The van der Waals surface area contributed by atoms with Crippen LogP contribution in [0.3, 0.4) is 0 Å². The summed E-state index contributed by atoms with van der Waals surface area (Å²) in [6.45, 7) is 0. The third-order valence-electron chi connectivity index (χ3n) is 4.63. The van der Waals surface area contributed by atoms with E-state index in [1.165, 1.54) is 29.8 Å². The molecule has 24 heavy (non-hydrogen) atoms. The first kappa shape index (κ1) is 15.7. The van der Waals surface area contributed by atoms with Gasteiger partial charge in [-0.15, -0.1) is 11.3 Å². The van der Waals surface area contributed by atoms with E-state index in [-0.39, 0.29) is 18.0 Å². The average Bonchev–Trinajstić information content (AvgIpc) is 3.18. The molecule has 0 radical (unpaired) electrons. The summed E-state index contributed by atoms with van der Waals surface area (Å²) in [5.74, 6) is -0.0298. The smallest absolute Gasteiger partial charge is 0.244 e. The largest absolute Gasteiger partial charge is 0.301 e. The molecule has 1 amide bonds. The number of hydrogen-bond acceptors (Lipinski definition) is 6. The van der Waals surface area contributed by atoms with Crippen LogP contribution in [-0.4, -0.2) is 21.9 Å². The molecule has 2 aromatic heterocycles. The zero-order valence-electron chi connectivity index (χ0n) is 13.4. The number of nitrogens with one attached hydrogen (secondary N) is 3. The zero-order valence-corrected chi connectivity index (χ0v) is 14.2. The molecule has 2 unspecified atom stereocenters. The lowest BCUT2D eigenvalue weighted by atomic mass is 10.0. The molecule has 3 heterocycles. The summed E-state index contributed by atoms with van der Waals surface area (Å²) in [6.07, 6.45) is 10.1. The molecule has 1 aliphatic carbocycles. The molecule has 126 valence electrons. The second-order valence-corrected chi connectivity index (χ2v) is 7.44. The number of amides is 1. The monoisotopic (exact) mass is 343 g/mol. The Morgan fingerprint density at radius 3 is 3.04 bits per heavy atom. The fraction of sp³-hybridized carbons (Fsp3) is 0.471.